The fourth-order valence-electron chi connectivity index (χ4n) is 4.17. The third-order valence-electron chi connectivity index (χ3n) is 5.81. The van der Waals surface area contributed by atoms with Crippen LogP contribution in [0.1, 0.15) is 53.8 Å². The molecule has 2 aromatic carbocycles. The van der Waals surface area contributed by atoms with Gasteiger partial charge in [0.2, 0.25) is 6.79 Å². The zero-order chi connectivity index (χ0) is 20.3. The summed E-state index contributed by atoms with van der Waals surface area (Å²) >= 11 is 1.96. The first-order valence-electron chi connectivity index (χ1n) is 10.6. The third kappa shape index (κ3) is 4.01. The maximum Gasteiger partial charge on any atom is 0.287 e. The Morgan fingerprint density at radius 3 is 2.77 bits per heavy atom. The van der Waals surface area contributed by atoms with Crippen molar-refractivity contribution in [2.75, 3.05) is 6.79 Å². The Hall–Kier alpha value is -2.60. The Balaban J connectivity index is 1.32. The molecule has 1 aromatic heterocycles. The Kier molecular flexibility index (Phi) is 5.58. The molecule has 6 heteroatoms. The van der Waals surface area contributed by atoms with Gasteiger partial charge in [0.05, 0.1) is 0 Å². The molecule has 1 aliphatic heterocycles. The molecule has 1 amide bonds. The first-order chi connectivity index (χ1) is 14.8. The summed E-state index contributed by atoms with van der Waals surface area (Å²) in [5, 5.41) is 4.72. The van der Waals surface area contributed by atoms with Crippen molar-refractivity contribution in [3.05, 3.63) is 59.4 Å². The Morgan fingerprint density at radius 1 is 1.03 bits per heavy atom. The number of rotatable bonds is 6. The van der Waals surface area contributed by atoms with Crippen LogP contribution in [0.25, 0.3) is 11.0 Å². The predicted molar refractivity (Wildman–Crippen MR) is 118 cm³/mol. The number of fused-ring (bicyclic) bond motifs is 2. The number of para-hydroxylation sites is 1. The second kappa shape index (κ2) is 8.64. The summed E-state index contributed by atoms with van der Waals surface area (Å²) < 4.78 is 16.8. The number of hydrogen-bond donors (Lipinski definition) is 1. The minimum absolute atomic E-state index is 0.178. The number of hydrogen-bond acceptors (Lipinski definition) is 5. The van der Waals surface area contributed by atoms with Crippen molar-refractivity contribution in [3.63, 3.8) is 0 Å². The molecule has 0 bridgehead atoms. The molecule has 0 spiro atoms. The van der Waals surface area contributed by atoms with Crippen molar-refractivity contribution in [2.45, 2.75) is 49.7 Å². The first kappa shape index (κ1) is 19.4. The second-order valence-electron chi connectivity index (χ2n) is 7.85. The van der Waals surface area contributed by atoms with Crippen molar-refractivity contribution in [2.24, 2.45) is 0 Å². The smallest absolute Gasteiger partial charge is 0.287 e. The summed E-state index contributed by atoms with van der Waals surface area (Å²) in [6.45, 7) is 0.647. The highest BCUT2D eigenvalue weighted by Gasteiger charge is 2.23. The highest BCUT2D eigenvalue weighted by atomic mass is 32.2. The van der Waals surface area contributed by atoms with Crippen molar-refractivity contribution in [1.82, 2.24) is 5.32 Å². The lowest BCUT2D eigenvalue weighted by molar-refractivity contribution is 0.0924. The molecular weight excluding hydrogens is 398 g/mol. The molecule has 2 aliphatic rings. The van der Waals surface area contributed by atoms with E-state index in [-0.39, 0.29) is 12.7 Å². The molecule has 5 nitrogen and oxygen atoms in total. The molecule has 2 heterocycles. The van der Waals surface area contributed by atoms with Gasteiger partial charge in [-0.05, 0) is 36.6 Å². The van der Waals surface area contributed by atoms with Gasteiger partial charge in [0.25, 0.3) is 5.91 Å². The monoisotopic (exact) mass is 423 g/mol. The van der Waals surface area contributed by atoms with Crippen LogP contribution in [0, 0.1) is 0 Å². The predicted octanol–water partition coefficient (Wildman–Crippen LogP) is 5.66. The van der Waals surface area contributed by atoms with Gasteiger partial charge in [-0.3, -0.25) is 4.79 Å². The highest BCUT2D eigenvalue weighted by molar-refractivity contribution is 7.99. The van der Waals surface area contributed by atoms with E-state index in [0.717, 1.165) is 39.3 Å². The van der Waals surface area contributed by atoms with E-state index < -0.39 is 0 Å². The number of thioether (sulfide) groups is 1. The molecule has 1 fully saturated rings. The lowest BCUT2D eigenvalue weighted by Crippen LogP contribution is -2.23. The summed E-state index contributed by atoms with van der Waals surface area (Å²) in [4.78, 5) is 13.0. The Labute approximate surface area is 180 Å². The summed E-state index contributed by atoms with van der Waals surface area (Å²) in [5.41, 5.74) is 2.73. The van der Waals surface area contributed by atoms with Crippen LogP contribution in [0.4, 0.5) is 0 Å². The van der Waals surface area contributed by atoms with Gasteiger partial charge in [-0.25, -0.2) is 0 Å². The molecule has 1 aliphatic carbocycles. The van der Waals surface area contributed by atoms with Crippen molar-refractivity contribution in [3.8, 4) is 11.5 Å². The SMILES string of the molecule is O=C(NCc1ccc2c(c1)OCO2)c1oc2ccccc2c1CSC1CCCCC1. The van der Waals surface area contributed by atoms with E-state index in [1.165, 1.54) is 32.1 Å². The zero-order valence-electron chi connectivity index (χ0n) is 16.8. The fourth-order valence-corrected chi connectivity index (χ4v) is 5.53. The van der Waals surface area contributed by atoms with Crippen molar-refractivity contribution >= 4 is 28.6 Å². The summed E-state index contributed by atoms with van der Waals surface area (Å²) in [6.07, 6.45) is 6.51. The van der Waals surface area contributed by atoms with Crippen LogP contribution in [0.3, 0.4) is 0 Å². The van der Waals surface area contributed by atoms with E-state index in [0.29, 0.717) is 17.6 Å². The number of carbonyl (C=O) groups excluding carboxylic acids is 1. The van der Waals surface area contributed by atoms with Gasteiger partial charge in [0.15, 0.2) is 17.3 Å². The van der Waals surface area contributed by atoms with Gasteiger partial charge < -0.3 is 19.2 Å². The van der Waals surface area contributed by atoms with Crippen LogP contribution in [0.5, 0.6) is 11.5 Å². The fraction of sp³-hybridized carbons (Fsp3) is 0.375. The lowest BCUT2D eigenvalue weighted by atomic mass is 10.0. The zero-order valence-corrected chi connectivity index (χ0v) is 17.6. The number of furan rings is 1. The summed E-state index contributed by atoms with van der Waals surface area (Å²) in [6, 6.07) is 13.6. The standard InChI is InChI=1S/C24H25NO4S/c26-24(25-13-16-10-11-21-22(12-16)28-15-27-21)23-19(14-30-17-6-2-1-3-7-17)18-8-4-5-9-20(18)29-23/h4-5,8-12,17H,1-3,6-7,13-15H2,(H,25,26). The number of amides is 1. The van der Waals surface area contributed by atoms with E-state index in [4.69, 9.17) is 13.9 Å². The highest BCUT2D eigenvalue weighted by Crippen LogP contribution is 2.35. The van der Waals surface area contributed by atoms with Gasteiger partial charge in [-0.2, -0.15) is 11.8 Å². The number of benzene rings is 2. The molecule has 0 radical (unpaired) electrons. The third-order valence-corrected chi connectivity index (χ3v) is 7.21. The molecule has 0 atom stereocenters. The van der Waals surface area contributed by atoms with E-state index >= 15 is 0 Å². The van der Waals surface area contributed by atoms with Crippen LogP contribution in [0.15, 0.2) is 46.9 Å². The maximum atomic E-state index is 13.0. The van der Waals surface area contributed by atoms with E-state index in [9.17, 15) is 4.79 Å². The number of ether oxygens (including phenoxy) is 2. The van der Waals surface area contributed by atoms with Crippen LogP contribution in [-0.4, -0.2) is 18.0 Å². The molecule has 0 saturated heterocycles. The average Bonchev–Trinajstić information content (AvgIpc) is 3.41. The van der Waals surface area contributed by atoms with Gasteiger partial charge in [0.1, 0.15) is 5.58 Å². The van der Waals surface area contributed by atoms with Crippen molar-refractivity contribution in [1.29, 1.82) is 0 Å². The molecule has 0 unspecified atom stereocenters. The summed E-state index contributed by atoms with van der Waals surface area (Å²) in [5.74, 6) is 2.51. The molecule has 30 heavy (non-hydrogen) atoms. The minimum Gasteiger partial charge on any atom is -0.454 e. The maximum absolute atomic E-state index is 13.0. The van der Waals surface area contributed by atoms with Gasteiger partial charge in [-0.1, -0.05) is 43.5 Å². The number of carbonyl (C=O) groups is 1. The van der Waals surface area contributed by atoms with E-state index in [2.05, 4.69) is 5.32 Å². The molecule has 1 N–H and O–H groups in total. The van der Waals surface area contributed by atoms with Gasteiger partial charge >= 0.3 is 0 Å². The lowest BCUT2D eigenvalue weighted by Gasteiger charge is -2.20. The Morgan fingerprint density at radius 2 is 1.87 bits per heavy atom. The second-order valence-corrected chi connectivity index (χ2v) is 9.14. The normalized spacial score (nSPS) is 16.1. The van der Waals surface area contributed by atoms with Gasteiger partial charge in [-0.15, -0.1) is 0 Å². The average molecular weight is 424 g/mol. The van der Waals surface area contributed by atoms with Crippen LogP contribution < -0.4 is 14.8 Å². The van der Waals surface area contributed by atoms with Crippen molar-refractivity contribution < 1.29 is 18.7 Å². The van der Waals surface area contributed by atoms with Crippen LogP contribution >= 0.6 is 11.8 Å². The van der Waals surface area contributed by atoms with E-state index in [1.807, 2.05) is 54.2 Å². The van der Waals surface area contributed by atoms with Crippen LogP contribution in [-0.2, 0) is 12.3 Å². The molecule has 1 saturated carbocycles. The topological polar surface area (TPSA) is 60.7 Å². The molecular formula is C24H25NO4S. The molecule has 156 valence electrons. The first-order valence-corrected chi connectivity index (χ1v) is 11.6. The molecule has 5 rings (SSSR count). The Bertz CT molecular complexity index is 1050. The van der Waals surface area contributed by atoms with Gasteiger partial charge in [0, 0.05) is 28.5 Å². The number of nitrogens with one attached hydrogen (secondary N) is 1. The quantitative estimate of drug-likeness (QED) is 0.554. The van der Waals surface area contributed by atoms with E-state index in [1.54, 1.807) is 0 Å². The summed E-state index contributed by atoms with van der Waals surface area (Å²) in [7, 11) is 0. The minimum atomic E-state index is -0.178. The largest absolute Gasteiger partial charge is 0.454 e. The van der Waals surface area contributed by atoms with Crippen LogP contribution in [0.2, 0.25) is 0 Å². The molecule has 3 aromatic rings.